The van der Waals surface area contributed by atoms with Crippen molar-refractivity contribution in [3.63, 3.8) is 0 Å². The fourth-order valence-electron chi connectivity index (χ4n) is 3.48. The normalized spacial score (nSPS) is 33.4. The van der Waals surface area contributed by atoms with Crippen molar-refractivity contribution < 1.29 is 5.11 Å². The summed E-state index contributed by atoms with van der Waals surface area (Å²) in [5.41, 5.74) is 1.42. The Kier molecular flexibility index (Phi) is 3.35. The van der Waals surface area contributed by atoms with E-state index in [0.29, 0.717) is 12.0 Å². The van der Waals surface area contributed by atoms with Crippen LogP contribution in [0.5, 0.6) is 0 Å². The topological polar surface area (TPSA) is 32.3 Å². The highest BCUT2D eigenvalue weighted by Crippen LogP contribution is 2.38. The molecule has 1 aliphatic heterocycles. The van der Waals surface area contributed by atoms with Crippen molar-refractivity contribution in [2.45, 2.75) is 44.2 Å². The molecule has 3 rings (SSSR count). The number of nitrogens with one attached hydrogen (secondary N) is 1. The fourth-order valence-corrected chi connectivity index (χ4v) is 3.48. The van der Waals surface area contributed by atoms with Crippen LogP contribution in [0, 0.1) is 24.7 Å². The molecule has 0 radical (unpaired) electrons. The van der Waals surface area contributed by atoms with Gasteiger partial charge in [-0.3, -0.25) is 0 Å². The minimum atomic E-state index is -0.795. The Morgan fingerprint density at radius 3 is 3.11 bits per heavy atom. The van der Waals surface area contributed by atoms with Gasteiger partial charge >= 0.3 is 0 Å². The van der Waals surface area contributed by atoms with Gasteiger partial charge in [0, 0.05) is 17.5 Å². The fraction of sp³-hybridized carbons (Fsp3) is 0.529. The molecule has 1 aromatic rings. The zero-order valence-corrected chi connectivity index (χ0v) is 11.4. The SMILES string of the molecule is Cc1cccc(C#C[C@]2(O)CCC[C@H]3NCC[C@H]32)c1. The van der Waals surface area contributed by atoms with Crippen LogP contribution in [0.15, 0.2) is 24.3 Å². The minimum absolute atomic E-state index is 0.304. The zero-order valence-electron chi connectivity index (χ0n) is 11.4. The summed E-state index contributed by atoms with van der Waals surface area (Å²) in [6.45, 7) is 3.08. The predicted molar refractivity (Wildman–Crippen MR) is 76.8 cm³/mol. The summed E-state index contributed by atoms with van der Waals surface area (Å²) < 4.78 is 0. The molecule has 0 unspecified atom stereocenters. The first-order valence-electron chi connectivity index (χ1n) is 7.23. The number of hydrogen-bond donors (Lipinski definition) is 2. The zero-order chi connectivity index (χ0) is 13.3. The van der Waals surface area contributed by atoms with Crippen LogP contribution >= 0.6 is 0 Å². The van der Waals surface area contributed by atoms with Gasteiger partial charge in [0.25, 0.3) is 0 Å². The summed E-state index contributed by atoms with van der Waals surface area (Å²) in [5.74, 6) is 6.66. The van der Waals surface area contributed by atoms with Gasteiger partial charge in [-0.25, -0.2) is 0 Å². The third-order valence-electron chi connectivity index (χ3n) is 4.48. The molecule has 3 atom stereocenters. The Bertz CT molecular complexity index is 528. The molecule has 1 aromatic carbocycles. The van der Waals surface area contributed by atoms with E-state index in [1.807, 2.05) is 12.1 Å². The molecular weight excluding hydrogens is 234 g/mol. The lowest BCUT2D eigenvalue weighted by atomic mass is 9.73. The van der Waals surface area contributed by atoms with Gasteiger partial charge in [-0.05, 0) is 56.8 Å². The molecule has 2 fully saturated rings. The summed E-state index contributed by atoms with van der Waals surface area (Å²) in [5, 5.41) is 14.4. The van der Waals surface area contributed by atoms with Crippen LogP contribution in [0.2, 0.25) is 0 Å². The summed E-state index contributed by atoms with van der Waals surface area (Å²) in [4.78, 5) is 0. The van der Waals surface area contributed by atoms with E-state index < -0.39 is 5.60 Å². The van der Waals surface area contributed by atoms with E-state index in [2.05, 4.69) is 36.2 Å². The van der Waals surface area contributed by atoms with Gasteiger partial charge in [0.05, 0.1) is 0 Å². The van der Waals surface area contributed by atoms with Crippen LogP contribution in [0.1, 0.15) is 36.8 Å². The molecule has 0 amide bonds. The Morgan fingerprint density at radius 1 is 1.37 bits per heavy atom. The van der Waals surface area contributed by atoms with E-state index >= 15 is 0 Å². The summed E-state index contributed by atoms with van der Waals surface area (Å²) in [6, 6.07) is 8.63. The smallest absolute Gasteiger partial charge is 0.130 e. The lowest BCUT2D eigenvalue weighted by molar-refractivity contribution is 0.000968. The molecule has 0 aromatic heterocycles. The van der Waals surface area contributed by atoms with E-state index in [4.69, 9.17) is 0 Å². The van der Waals surface area contributed by atoms with E-state index in [9.17, 15) is 5.11 Å². The standard InChI is InChI=1S/C17H21NO/c1-13-4-2-5-14(12-13)7-10-17(19)9-3-6-16-15(17)8-11-18-16/h2,4-5,12,15-16,18-19H,3,6,8-9,11H2,1H3/t15-,16-,17-/m1/s1. The Balaban J connectivity index is 1.85. The van der Waals surface area contributed by atoms with Gasteiger partial charge in [-0.2, -0.15) is 0 Å². The maximum atomic E-state index is 10.9. The van der Waals surface area contributed by atoms with E-state index in [1.165, 1.54) is 12.0 Å². The maximum Gasteiger partial charge on any atom is 0.130 e. The van der Waals surface area contributed by atoms with Crippen molar-refractivity contribution in [2.24, 2.45) is 5.92 Å². The van der Waals surface area contributed by atoms with Gasteiger partial charge in [0.15, 0.2) is 0 Å². The maximum absolute atomic E-state index is 10.9. The summed E-state index contributed by atoms with van der Waals surface area (Å²) >= 11 is 0. The second-order valence-corrected chi connectivity index (χ2v) is 5.89. The molecule has 1 saturated carbocycles. The van der Waals surface area contributed by atoms with Crippen LogP contribution < -0.4 is 5.32 Å². The molecule has 2 heteroatoms. The molecule has 1 heterocycles. The second-order valence-electron chi connectivity index (χ2n) is 5.89. The van der Waals surface area contributed by atoms with E-state index in [-0.39, 0.29) is 0 Å². The van der Waals surface area contributed by atoms with Crippen LogP contribution in [-0.4, -0.2) is 23.3 Å². The van der Waals surface area contributed by atoms with Crippen molar-refractivity contribution in [1.82, 2.24) is 5.32 Å². The molecular formula is C17H21NO. The highest BCUT2D eigenvalue weighted by molar-refractivity contribution is 5.39. The van der Waals surface area contributed by atoms with Crippen LogP contribution in [-0.2, 0) is 0 Å². The van der Waals surface area contributed by atoms with Gasteiger partial charge in [0.1, 0.15) is 5.60 Å². The third-order valence-corrected chi connectivity index (χ3v) is 4.48. The van der Waals surface area contributed by atoms with Crippen molar-refractivity contribution in [3.8, 4) is 11.8 Å². The number of benzene rings is 1. The van der Waals surface area contributed by atoms with E-state index in [1.54, 1.807) is 0 Å². The van der Waals surface area contributed by atoms with Crippen LogP contribution in [0.3, 0.4) is 0 Å². The number of hydrogen-bond acceptors (Lipinski definition) is 2. The molecule has 0 bridgehead atoms. The molecule has 19 heavy (non-hydrogen) atoms. The van der Waals surface area contributed by atoms with Crippen molar-refractivity contribution >= 4 is 0 Å². The molecule has 1 saturated heterocycles. The Morgan fingerprint density at radius 2 is 2.26 bits per heavy atom. The highest BCUT2D eigenvalue weighted by Gasteiger charge is 2.45. The lowest BCUT2D eigenvalue weighted by Crippen LogP contribution is -2.47. The second kappa shape index (κ2) is 5.00. The number of rotatable bonds is 0. The first-order chi connectivity index (χ1) is 9.17. The Hall–Kier alpha value is -1.30. The lowest BCUT2D eigenvalue weighted by Gasteiger charge is -2.37. The molecule has 100 valence electrons. The summed E-state index contributed by atoms with van der Waals surface area (Å²) in [6.07, 6.45) is 4.10. The van der Waals surface area contributed by atoms with Crippen molar-refractivity contribution in [3.05, 3.63) is 35.4 Å². The molecule has 0 spiro atoms. The minimum Gasteiger partial charge on any atom is -0.377 e. The van der Waals surface area contributed by atoms with Gasteiger partial charge in [0.2, 0.25) is 0 Å². The highest BCUT2D eigenvalue weighted by atomic mass is 16.3. The van der Waals surface area contributed by atoms with Crippen LogP contribution in [0.4, 0.5) is 0 Å². The van der Waals surface area contributed by atoms with Crippen molar-refractivity contribution in [2.75, 3.05) is 6.54 Å². The molecule has 1 aliphatic carbocycles. The molecule has 2 aliphatic rings. The number of aliphatic hydroxyl groups is 1. The third kappa shape index (κ3) is 2.54. The van der Waals surface area contributed by atoms with Gasteiger partial charge < -0.3 is 10.4 Å². The largest absolute Gasteiger partial charge is 0.377 e. The molecule has 2 nitrogen and oxygen atoms in total. The first kappa shape index (κ1) is 12.7. The average molecular weight is 255 g/mol. The van der Waals surface area contributed by atoms with Crippen LogP contribution in [0.25, 0.3) is 0 Å². The monoisotopic (exact) mass is 255 g/mol. The number of fused-ring (bicyclic) bond motifs is 1. The Labute approximate surface area is 115 Å². The average Bonchev–Trinajstić information content (AvgIpc) is 2.87. The molecule has 2 N–H and O–H groups in total. The number of aryl methyl sites for hydroxylation is 1. The van der Waals surface area contributed by atoms with Gasteiger partial charge in [-0.1, -0.05) is 24.0 Å². The quantitative estimate of drug-likeness (QED) is 0.697. The van der Waals surface area contributed by atoms with Gasteiger partial charge in [-0.15, -0.1) is 0 Å². The predicted octanol–water partition coefficient (Wildman–Crippen LogP) is 2.24. The van der Waals surface area contributed by atoms with E-state index in [0.717, 1.165) is 31.4 Å². The summed E-state index contributed by atoms with van der Waals surface area (Å²) in [7, 11) is 0. The van der Waals surface area contributed by atoms with Crippen molar-refractivity contribution in [1.29, 1.82) is 0 Å². The first-order valence-corrected chi connectivity index (χ1v) is 7.23.